The summed E-state index contributed by atoms with van der Waals surface area (Å²) in [5.41, 5.74) is 2.18. The molecule has 2 aromatic carbocycles. The van der Waals surface area contributed by atoms with Gasteiger partial charge in [0.15, 0.2) is 0 Å². The molecule has 3 rings (SSSR count). The van der Waals surface area contributed by atoms with E-state index in [1.165, 1.54) is 0 Å². The van der Waals surface area contributed by atoms with Crippen molar-refractivity contribution < 1.29 is 14.3 Å². The first-order valence-electron chi connectivity index (χ1n) is 7.39. The van der Waals surface area contributed by atoms with E-state index in [0.29, 0.717) is 12.3 Å². The van der Waals surface area contributed by atoms with Gasteiger partial charge in [0.1, 0.15) is 16.9 Å². The molecule has 1 heterocycles. The van der Waals surface area contributed by atoms with Crippen LogP contribution in [0.1, 0.15) is 16.5 Å². The highest BCUT2D eigenvalue weighted by Gasteiger charge is 2.32. The molecule has 0 N–H and O–H groups in total. The highest BCUT2D eigenvalue weighted by molar-refractivity contribution is 8.00. The monoisotopic (exact) mass is 329 g/mol. The van der Waals surface area contributed by atoms with Crippen molar-refractivity contribution in [3.05, 3.63) is 59.7 Å². The second-order valence-corrected chi connectivity index (χ2v) is 6.38. The van der Waals surface area contributed by atoms with E-state index in [-0.39, 0.29) is 11.3 Å². The number of hydrogen-bond acceptors (Lipinski definition) is 4. The molecule has 0 unspecified atom stereocenters. The Morgan fingerprint density at radius 3 is 2.52 bits per heavy atom. The minimum absolute atomic E-state index is 0.0275. The average Bonchev–Trinajstić information content (AvgIpc) is 2.96. The van der Waals surface area contributed by atoms with E-state index in [4.69, 9.17) is 9.47 Å². The van der Waals surface area contributed by atoms with Crippen LogP contribution in [0.3, 0.4) is 0 Å². The summed E-state index contributed by atoms with van der Waals surface area (Å²) in [5, 5.41) is 0.0275. The molecule has 1 amide bonds. The van der Waals surface area contributed by atoms with Gasteiger partial charge in [0.05, 0.1) is 20.0 Å². The van der Waals surface area contributed by atoms with Crippen LogP contribution in [0.15, 0.2) is 48.5 Å². The van der Waals surface area contributed by atoms with Crippen molar-refractivity contribution >= 4 is 17.7 Å². The fraction of sp³-hybridized carbons (Fsp3) is 0.278. The van der Waals surface area contributed by atoms with Gasteiger partial charge in [0, 0.05) is 6.54 Å². The topological polar surface area (TPSA) is 38.8 Å². The summed E-state index contributed by atoms with van der Waals surface area (Å²) in [6.07, 6.45) is 0. The first kappa shape index (κ1) is 15.7. The molecule has 0 bridgehead atoms. The van der Waals surface area contributed by atoms with E-state index in [1.54, 1.807) is 26.0 Å². The predicted molar refractivity (Wildman–Crippen MR) is 91.7 cm³/mol. The molecule has 5 heteroatoms. The Labute approximate surface area is 140 Å². The van der Waals surface area contributed by atoms with Crippen LogP contribution in [-0.2, 0) is 11.3 Å². The number of carbonyl (C=O) groups excluding carboxylic acids is 1. The van der Waals surface area contributed by atoms with Gasteiger partial charge < -0.3 is 14.4 Å². The molecule has 1 fully saturated rings. The molecule has 4 nitrogen and oxygen atoms in total. The second kappa shape index (κ2) is 6.96. The predicted octanol–water partition coefficient (Wildman–Crippen LogP) is 3.48. The molecule has 2 aromatic rings. The first-order chi connectivity index (χ1) is 11.2. The summed E-state index contributed by atoms with van der Waals surface area (Å²) in [6, 6.07) is 15.8. The Balaban J connectivity index is 1.81. The summed E-state index contributed by atoms with van der Waals surface area (Å²) < 4.78 is 10.5. The van der Waals surface area contributed by atoms with E-state index < -0.39 is 0 Å². The molecule has 0 radical (unpaired) electrons. The van der Waals surface area contributed by atoms with E-state index in [9.17, 15) is 4.79 Å². The minimum Gasteiger partial charge on any atom is -0.497 e. The Hall–Kier alpha value is -2.14. The zero-order chi connectivity index (χ0) is 16.2. The van der Waals surface area contributed by atoms with Crippen LogP contribution >= 0.6 is 11.8 Å². The lowest BCUT2D eigenvalue weighted by Crippen LogP contribution is -2.27. The molecule has 1 aliphatic rings. The largest absolute Gasteiger partial charge is 0.497 e. The van der Waals surface area contributed by atoms with E-state index in [0.717, 1.165) is 22.6 Å². The standard InChI is InChI=1S/C18H19NO3S/c1-21-15-8-6-13(7-9-15)11-19-17(20)12-23-18(19)14-4-3-5-16(10-14)22-2/h3-10,18H,11-12H2,1-2H3/t18-/m1/s1. The summed E-state index contributed by atoms with van der Waals surface area (Å²) >= 11 is 1.65. The van der Waals surface area contributed by atoms with E-state index in [1.807, 2.05) is 53.4 Å². The SMILES string of the molecule is COc1ccc(CN2C(=O)CS[C@@H]2c2cccc(OC)c2)cc1. The number of hydrogen-bond donors (Lipinski definition) is 0. The number of benzene rings is 2. The van der Waals surface area contributed by atoms with Crippen molar-refractivity contribution in [2.75, 3.05) is 20.0 Å². The van der Waals surface area contributed by atoms with Crippen molar-refractivity contribution in [3.63, 3.8) is 0 Å². The van der Waals surface area contributed by atoms with Crippen molar-refractivity contribution in [1.29, 1.82) is 0 Å². The number of carbonyl (C=O) groups is 1. The lowest BCUT2D eigenvalue weighted by Gasteiger charge is -2.24. The first-order valence-corrected chi connectivity index (χ1v) is 8.44. The third-order valence-electron chi connectivity index (χ3n) is 3.86. The lowest BCUT2D eigenvalue weighted by atomic mass is 10.1. The van der Waals surface area contributed by atoms with Gasteiger partial charge in [-0.2, -0.15) is 0 Å². The third-order valence-corrected chi connectivity index (χ3v) is 5.12. The Morgan fingerprint density at radius 2 is 1.83 bits per heavy atom. The Bertz CT molecular complexity index is 687. The molecule has 0 spiro atoms. The summed E-state index contributed by atoms with van der Waals surface area (Å²) in [4.78, 5) is 14.2. The molecule has 23 heavy (non-hydrogen) atoms. The number of methoxy groups -OCH3 is 2. The average molecular weight is 329 g/mol. The van der Waals surface area contributed by atoms with Gasteiger partial charge in [-0.05, 0) is 35.4 Å². The molecule has 1 saturated heterocycles. The van der Waals surface area contributed by atoms with Gasteiger partial charge in [0.2, 0.25) is 5.91 Å². The molecule has 0 aliphatic carbocycles. The molecule has 120 valence electrons. The molecule has 0 aromatic heterocycles. The van der Waals surface area contributed by atoms with Crippen molar-refractivity contribution in [2.45, 2.75) is 11.9 Å². The number of nitrogens with zero attached hydrogens (tertiary/aromatic N) is 1. The Kier molecular flexibility index (Phi) is 4.76. The maximum absolute atomic E-state index is 12.3. The quantitative estimate of drug-likeness (QED) is 0.842. The van der Waals surface area contributed by atoms with Gasteiger partial charge >= 0.3 is 0 Å². The number of rotatable bonds is 5. The minimum atomic E-state index is 0.0275. The smallest absolute Gasteiger partial charge is 0.234 e. The van der Waals surface area contributed by atoms with Gasteiger partial charge in [-0.3, -0.25) is 4.79 Å². The van der Waals surface area contributed by atoms with Crippen LogP contribution in [-0.4, -0.2) is 30.8 Å². The summed E-state index contributed by atoms with van der Waals surface area (Å²) in [7, 11) is 3.30. The fourth-order valence-corrected chi connectivity index (χ4v) is 3.80. The zero-order valence-corrected chi connectivity index (χ0v) is 14.0. The second-order valence-electron chi connectivity index (χ2n) is 5.31. The van der Waals surface area contributed by atoms with Crippen LogP contribution in [0, 0.1) is 0 Å². The van der Waals surface area contributed by atoms with Crippen LogP contribution < -0.4 is 9.47 Å². The van der Waals surface area contributed by atoms with Crippen molar-refractivity contribution in [2.24, 2.45) is 0 Å². The maximum atomic E-state index is 12.3. The van der Waals surface area contributed by atoms with Gasteiger partial charge in [-0.1, -0.05) is 24.3 Å². The van der Waals surface area contributed by atoms with E-state index in [2.05, 4.69) is 0 Å². The van der Waals surface area contributed by atoms with Crippen molar-refractivity contribution in [1.82, 2.24) is 4.90 Å². The highest BCUT2D eigenvalue weighted by Crippen LogP contribution is 2.40. The van der Waals surface area contributed by atoms with Crippen molar-refractivity contribution in [3.8, 4) is 11.5 Å². The van der Waals surface area contributed by atoms with Crippen LogP contribution in [0.2, 0.25) is 0 Å². The number of amides is 1. The highest BCUT2D eigenvalue weighted by atomic mass is 32.2. The van der Waals surface area contributed by atoms with Crippen LogP contribution in [0.25, 0.3) is 0 Å². The normalized spacial score (nSPS) is 17.4. The van der Waals surface area contributed by atoms with Crippen LogP contribution in [0.5, 0.6) is 11.5 Å². The third kappa shape index (κ3) is 3.45. The molecule has 1 atom stereocenters. The Morgan fingerprint density at radius 1 is 1.09 bits per heavy atom. The zero-order valence-electron chi connectivity index (χ0n) is 13.2. The molecule has 1 aliphatic heterocycles. The number of ether oxygens (including phenoxy) is 2. The maximum Gasteiger partial charge on any atom is 0.234 e. The van der Waals surface area contributed by atoms with Gasteiger partial charge in [0.25, 0.3) is 0 Å². The molecular formula is C18H19NO3S. The fourth-order valence-electron chi connectivity index (χ4n) is 2.62. The van der Waals surface area contributed by atoms with E-state index >= 15 is 0 Å². The van der Waals surface area contributed by atoms with Crippen LogP contribution in [0.4, 0.5) is 0 Å². The lowest BCUT2D eigenvalue weighted by molar-refractivity contribution is -0.128. The molecule has 0 saturated carbocycles. The summed E-state index contributed by atoms with van der Waals surface area (Å²) in [6.45, 7) is 0.595. The van der Waals surface area contributed by atoms with Gasteiger partial charge in [-0.25, -0.2) is 0 Å². The summed E-state index contributed by atoms with van der Waals surface area (Å²) in [5.74, 6) is 2.31. The van der Waals surface area contributed by atoms with Gasteiger partial charge in [-0.15, -0.1) is 11.8 Å². The molecular weight excluding hydrogens is 310 g/mol. The number of thioether (sulfide) groups is 1.